The summed E-state index contributed by atoms with van der Waals surface area (Å²) in [6.45, 7) is 2.42. The normalized spacial score (nSPS) is 9.60. The van der Waals surface area contributed by atoms with Crippen LogP contribution in [-0.4, -0.2) is 17.5 Å². The molecule has 0 aliphatic heterocycles. The molecule has 2 aromatic rings. The highest BCUT2D eigenvalue weighted by atomic mass is 16.5. The number of pyridine rings is 1. The molecule has 0 bridgehead atoms. The van der Waals surface area contributed by atoms with Crippen molar-refractivity contribution in [2.75, 3.05) is 11.9 Å². The second-order valence-electron chi connectivity index (χ2n) is 3.96. The standard InChI is InChI=1S/C15H13N3O2/c1-2-20-14-7-6-13(10-17-14)18-15(19)12-5-3-4-11(8-12)9-16/h3-8,10H,2H2,1H3,(H,18,19). The first kappa shape index (κ1) is 13.6. The first-order valence-electron chi connectivity index (χ1n) is 6.13. The van der Waals surface area contributed by atoms with E-state index in [0.29, 0.717) is 29.3 Å². The molecule has 0 saturated carbocycles. The van der Waals surface area contributed by atoms with E-state index in [0.717, 1.165) is 0 Å². The molecule has 0 saturated heterocycles. The van der Waals surface area contributed by atoms with Crippen LogP contribution in [0.3, 0.4) is 0 Å². The fourth-order valence-electron chi connectivity index (χ4n) is 1.62. The van der Waals surface area contributed by atoms with E-state index in [-0.39, 0.29) is 5.91 Å². The van der Waals surface area contributed by atoms with Crippen molar-refractivity contribution in [1.29, 1.82) is 5.26 Å². The van der Waals surface area contributed by atoms with Crippen LogP contribution in [0, 0.1) is 11.3 Å². The molecule has 0 atom stereocenters. The number of benzene rings is 1. The molecule has 0 aliphatic carbocycles. The van der Waals surface area contributed by atoms with Crippen molar-refractivity contribution in [2.24, 2.45) is 0 Å². The van der Waals surface area contributed by atoms with E-state index in [1.807, 2.05) is 13.0 Å². The summed E-state index contributed by atoms with van der Waals surface area (Å²) >= 11 is 0. The first-order chi connectivity index (χ1) is 9.72. The van der Waals surface area contributed by atoms with Crippen LogP contribution < -0.4 is 10.1 Å². The van der Waals surface area contributed by atoms with Gasteiger partial charge in [0.2, 0.25) is 5.88 Å². The number of carbonyl (C=O) groups is 1. The molecule has 20 heavy (non-hydrogen) atoms. The van der Waals surface area contributed by atoms with E-state index in [2.05, 4.69) is 10.3 Å². The Kier molecular flexibility index (Phi) is 4.30. The average molecular weight is 267 g/mol. The molecular weight excluding hydrogens is 254 g/mol. The van der Waals surface area contributed by atoms with Crippen LogP contribution in [0.15, 0.2) is 42.6 Å². The Bertz CT molecular complexity index is 645. The van der Waals surface area contributed by atoms with Crippen LogP contribution in [-0.2, 0) is 0 Å². The summed E-state index contributed by atoms with van der Waals surface area (Å²) in [4.78, 5) is 16.1. The molecule has 2 rings (SSSR count). The molecule has 1 aromatic heterocycles. The Hall–Kier alpha value is -2.87. The summed E-state index contributed by atoms with van der Waals surface area (Å²) in [5.74, 6) is 0.227. The van der Waals surface area contributed by atoms with Crippen molar-refractivity contribution < 1.29 is 9.53 Å². The van der Waals surface area contributed by atoms with Gasteiger partial charge in [-0.05, 0) is 31.2 Å². The lowest BCUT2D eigenvalue weighted by Crippen LogP contribution is -2.12. The van der Waals surface area contributed by atoms with Gasteiger partial charge in [0.05, 0.1) is 30.1 Å². The quantitative estimate of drug-likeness (QED) is 0.923. The van der Waals surface area contributed by atoms with E-state index < -0.39 is 0 Å². The molecule has 5 nitrogen and oxygen atoms in total. The van der Waals surface area contributed by atoms with Crippen molar-refractivity contribution in [3.63, 3.8) is 0 Å². The number of rotatable bonds is 4. The van der Waals surface area contributed by atoms with Gasteiger partial charge in [0, 0.05) is 11.6 Å². The maximum Gasteiger partial charge on any atom is 0.255 e. The summed E-state index contributed by atoms with van der Waals surface area (Å²) in [6, 6.07) is 11.9. The van der Waals surface area contributed by atoms with Crippen molar-refractivity contribution in [2.45, 2.75) is 6.92 Å². The van der Waals surface area contributed by atoms with Crippen molar-refractivity contribution in [1.82, 2.24) is 4.98 Å². The van der Waals surface area contributed by atoms with Gasteiger partial charge in [-0.3, -0.25) is 4.79 Å². The van der Waals surface area contributed by atoms with Crippen molar-refractivity contribution in [3.8, 4) is 11.9 Å². The molecule has 0 unspecified atom stereocenters. The minimum atomic E-state index is -0.284. The zero-order valence-corrected chi connectivity index (χ0v) is 11.0. The Balaban J connectivity index is 2.09. The van der Waals surface area contributed by atoms with E-state index >= 15 is 0 Å². The number of carbonyl (C=O) groups excluding carboxylic acids is 1. The van der Waals surface area contributed by atoms with Crippen molar-refractivity contribution in [3.05, 3.63) is 53.7 Å². The maximum absolute atomic E-state index is 12.0. The fourth-order valence-corrected chi connectivity index (χ4v) is 1.62. The van der Waals surface area contributed by atoms with Gasteiger partial charge in [-0.1, -0.05) is 6.07 Å². The van der Waals surface area contributed by atoms with Gasteiger partial charge >= 0.3 is 0 Å². The molecular formula is C15H13N3O2. The van der Waals surface area contributed by atoms with Crippen LogP contribution in [0.2, 0.25) is 0 Å². The molecule has 1 heterocycles. The zero-order valence-electron chi connectivity index (χ0n) is 11.0. The molecule has 1 aromatic carbocycles. The van der Waals surface area contributed by atoms with E-state index in [4.69, 9.17) is 10.00 Å². The third-order valence-corrected chi connectivity index (χ3v) is 2.54. The summed E-state index contributed by atoms with van der Waals surface area (Å²) < 4.78 is 5.22. The predicted molar refractivity (Wildman–Crippen MR) is 74.5 cm³/mol. The fraction of sp³-hybridized carbons (Fsp3) is 0.133. The zero-order chi connectivity index (χ0) is 14.4. The monoisotopic (exact) mass is 267 g/mol. The van der Waals surface area contributed by atoms with E-state index in [9.17, 15) is 4.79 Å². The molecule has 1 amide bonds. The highest BCUT2D eigenvalue weighted by Crippen LogP contribution is 2.13. The minimum Gasteiger partial charge on any atom is -0.478 e. The summed E-state index contributed by atoms with van der Waals surface area (Å²) in [6.07, 6.45) is 1.52. The Morgan fingerprint density at radius 3 is 2.90 bits per heavy atom. The number of nitrogens with one attached hydrogen (secondary N) is 1. The smallest absolute Gasteiger partial charge is 0.255 e. The molecule has 5 heteroatoms. The van der Waals surface area contributed by atoms with Crippen LogP contribution in [0.1, 0.15) is 22.8 Å². The Labute approximate surface area is 116 Å². The predicted octanol–water partition coefficient (Wildman–Crippen LogP) is 2.60. The summed E-state index contributed by atoms with van der Waals surface area (Å²) in [5.41, 5.74) is 1.45. The minimum absolute atomic E-state index is 0.284. The SMILES string of the molecule is CCOc1ccc(NC(=O)c2cccc(C#N)c2)cn1. The van der Waals surface area contributed by atoms with Crippen LogP contribution in [0.25, 0.3) is 0 Å². The number of hydrogen-bond donors (Lipinski definition) is 1. The number of amides is 1. The lowest BCUT2D eigenvalue weighted by molar-refractivity contribution is 0.102. The topological polar surface area (TPSA) is 75.0 Å². The van der Waals surface area contributed by atoms with Gasteiger partial charge < -0.3 is 10.1 Å². The lowest BCUT2D eigenvalue weighted by atomic mass is 10.1. The summed E-state index contributed by atoms with van der Waals surface area (Å²) in [7, 11) is 0. The Morgan fingerprint density at radius 2 is 2.25 bits per heavy atom. The Morgan fingerprint density at radius 1 is 1.40 bits per heavy atom. The molecule has 0 spiro atoms. The molecule has 100 valence electrons. The molecule has 0 aliphatic rings. The van der Waals surface area contributed by atoms with Gasteiger partial charge in [0.15, 0.2) is 0 Å². The highest BCUT2D eigenvalue weighted by Gasteiger charge is 2.07. The van der Waals surface area contributed by atoms with Gasteiger partial charge in [-0.15, -0.1) is 0 Å². The van der Waals surface area contributed by atoms with Gasteiger partial charge in [0.25, 0.3) is 5.91 Å². The van der Waals surface area contributed by atoms with E-state index in [1.165, 1.54) is 12.3 Å². The number of nitriles is 1. The molecule has 0 fully saturated rings. The van der Waals surface area contributed by atoms with Crippen LogP contribution in [0.4, 0.5) is 5.69 Å². The third kappa shape index (κ3) is 3.33. The van der Waals surface area contributed by atoms with Gasteiger partial charge in [-0.25, -0.2) is 4.98 Å². The lowest BCUT2D eigenvalue weighted by Gasteiger charge is -2.06. The van der Waals surface area contributed by atoms with Crippen molar-refractivity contribution >= 4 is 11.6 Å². The van der Waals surface area contributed by atoms with Crippen LogP contribution in [0.5, 0.6) is 5.88 Å². The number of ether oxygens (including phenoxy) is 1. The van der Waals surface area contributed by atoms with Gasteiger partial charge in [-0.2, -0.15) is 5.26 Å². The first-order valence-corrected chi connectivity index (χ1v) is 6.13. The highest BCUT2D eigenvalue weighted by molar-refractivity contribution is 6.04. The number of hydrogen-bond acceptors (Lipinski definition) is 4. The summed E-state index contributed by atoms with van der Waals surface area (Å²) in [5, 5.41) is 11.5. The van der Waals surface area contributed by atoms with Crippen LogP contribution >= 0.6 is 0 Å². The number of nitrogens with zero attached hydrogens (tertiary/aromatic N) is 2. The second-order valence-corrected chi connectivity index (χ2v) is 3.96. The molecule has 0 radical (unpaired) electrons. The average Bonchev–Trinajstić information content (AvgIpc) is 2.49. The number of anilines is 1. The van der Waals surface area contributed by atoms with Gasteiger partial charge in [0.1, 0.15) is 0 Å². The number of aromatic nitrogens is 1. The molecule has 1 N–H and O–H groups in total. The third-order valence-electron chi connectivity index (χ3n) is 2.54. The second kappa shape index (κ2) is 6.34. The van der Waals surface area contributed by atoms with E-state index in [1.54, 1.807) is 30.3 Å². The largest absolute Gasteiger partial charge is 0.478 e. The maximum atomic E-state index is 12.0.